The maximum Gasteiger partial charge on any atom is 0.300 e. The maximum absolute atomic E-state index is 13.5. The molecule has 4 rings (SSSR count). The molecule has 8 heteroatoms. The molecule has 3 aromatic rings. The summed E-state index contributed by atoms with van der Waals surface area (Å²) >= 11 is 1.43. The van der Waals surface area contributed by atoms with Crippen molar-refractivity contribution in [3.63, 3.8) is 0 Å². The van der Waals surface area contributed by atoms with Gasteiger partial charge >= 0.3 is 0 Å². The van der Waals surface area contributed by atoms with Crippen LogP contribution in [-0.2, 0) is 9.59 Å². The number of carbonyl (C=O) groups excluding carboxylic acids is 2. The number of amides is 1. The zero-order chi connectivity index (χ0) is 26.9. The van der Waals surface area contributed by atoms with Crippen LogP contribution in [0, 0.1) is 6.92 Å². The van der Waals surface area contributed by atoms with Gasteiger partial charge in [-0.25, -0.2) is 0 Å². The second-order valence-corrected chi connectivity index (χ2v) is 10.00. The number of rotatable bonds is 8. The Morgan fingerprint density at radius 1 is 1.05 bits per heavy atom. The molecule has 194 valence electrons. The lowest BCUT2D eigenvalue weighted by atomic mass is 9.94. The molecule has 0 bridgehead atoms. The van der Waals surface area contributed by atoms with E-state index < -0.39 is 17.7 Å². The van der Waals surface area contributed by atoms with Crippen molar-refractivity contribution in [2.24, 2.45) is 0 Å². The van der Waals surface area contributed by atoms with E-state index in [0.717, 1.165) is 21.8 Å². The molecule has 1 aliphatic rings. The van der Waals surface area contributed by atoms with E-state index >= 15 is 0 Å². The number of carbonyl (C=O) groups is 2. The SMILES string of the molecule is CCOc1ccc(/C(O)=C2/C(=O)C(=O)N(c3cc(OC)cc(OC)c3)C2c2sccc2C)cc1C(C)C. The van der Waals surface area contributed by atoms with Crippen molar-refractivity contribution in [3.8, 4) is 17.2 Å². The van der Waals surface area contributed by atoms with Gasteiger partial charge in [0.05, 0.1) is 32.1 Å². The maximum atomic E-state index is 13.5. The minimum absolute atomic E-state index is 0.0382. The molecule has 0 radical (unpaired) electrons. The molecule has 2 aromatic carbocycles. The second kappa shape index (κ2) is 10.7. The fraction of sp³-hybridized carbons (Fsp3) is 0.310. The Balaban J connectivity index is 1.95. The van der Waals surface area contributed by atoms with E-state index in [1.807, 2.05) is 45.2 Å². The highest BCUT2D eigenvalue weighted by atomic mass is 32.1. The molecule has 7 nitrogen and oxygen atoms in total. The highest BCUT2D eigenvalue weighted by Gasteiger charge is 2.48. The van der Waals surface area contributed by atoms with Crippen LogP contribution in [0.1, 0.15) is 54.3 Å². The number of benzene rings is 2. The summed E-state index contributed by atoms with van der Waals surface area (Å²) in [6, 6.07) is 11.5. The van der Waals surface area contributed by atoms with Gasteiger partial charge in [0.25, 0.3) is 11.7 Å². The van der Waals surface area contributed by atoms with Gasteiger partial charge < -0.3 is 19.3 Å². The molecular weight excluding hydrogens is 490 g/mol. The number of aryl methyl sites for hydroxylation is 1. The van der Waals surface area contributed by atoms with E-state index in [1.54, 1.807) is 30.3 Å². The molecule has 1 atom stereocenters. The minimum Gasteiger partial charge on any atom is -0.507 e. The van der Waals surface area contributed by atoms with Gasteiger partial charge in [-0.1, -0.05) is 13.8 Å². The average Bonchev–Trinajstić information content (AvgIpc) is 3.43. The molecule has 37 heavy (non-hydrogen) atoms. The third kappa shape index (κ3) is 4.81. The first-order chi connectivity index (χ1) is 17.7. The van der Waals surface area contributed by atoms with Crippen LogP contribution in [0.2, 0.25) is 0 Å². The fourth-order valence-corrected chi connectivity index (χ4v) is 5.56. The molecule has 1 aliphatic heterocycles. The van der Waals surface area contributed by atoms with Crippen LogP contribution in [0.4, 0.5) is 5.69 Å². The van der Waals surface area contributed by atoms with E-state index in [4.69, 9.17) is 14.2 Å². The van der Waals surface area contributed by atoms with Gasteiger partial charge in [0.2, 0.25) is 0 Å². The summed E-state index contributed by atoms with van der Waals surface area (Å²) in [4.78, 5) is 29.2. The van der Waals surface area contributed by atoms with E-state index in [-0.39, 0.29) is 17.3 Å². The van der Waals surface area contributed by atoms with Gasteiger partial charge in [-0.3, -0.25) is 14.5 Å². The highest BCUT2D eigenvalue weighted by Crippen LogP contribution is 2.46. The second-order valence-electron chi connectivity index (χ2n) is 9.05. The summed E-state index contributed by atoms with van der Waals surface area (Å²) < 4.78 is 16.6. The van der Waals surface area contributed by atoms with Gasteiger partial charge in [-0.15, -0.1) is 11.3 Å². The predicted octanol–water partition coefficient (Wildman–Crippen LogP) is 6.22. The number of thiophene rings is 1. The van der Waals surface area contributed by atoms with E-state index in [1.165, 1.54) is 30.5 Å². The first-order valence-electron chi connectivity index (χ1n) is 12.1. The van der Waals surface area contributed by atoms with E-state index in [0.29, 0.717) is 29.4 Å². The lowest BCUT2D eigenvalue weighted by Gasteiger charge is -2.26. The first-order valence-corrected chi connectivity index (χ1v) is 12.9. The summed E-state index contributed by atoms with van der Waals surface area (Å²) in [5.74, 6) is 0.0945. The zero-order valence-electron chi connectivity index (χ0n) is 21.8. The van der Waals surface area contributed by atoms with E-state index in [2.05, 4.69) is 0 Å². The topological polar surface area (TPSA) is 85.3 Å². The summed E-state index contributed by atoms with van der Waals surface area (Å²) in [5.41, 5.74) is 2.74. The Hall–Kier alpha value is -3.78. The number of ether oxygens (including phenoxy) is 3. The molecule has 0 spiro atoms. The number of hydrogen-bond acceptors (Lipinski definition) is 7. The third-order valence-corrected chi connectivity index (χ3v) is 7.49. The Morgan fingerprint density at radius 3 is 2.27 bits per heavy atom. The van der Waals surface area contributed by atoms with Crippen LogP contribution in [0.15, 0.2) is 53.4 Å². The number of Topliss-reactive ketones (excluding diaryl/α,β-unsaturated/α-hetero) is 1. The van der Waals surface area contributed by atoms with Crippen LogP contribution in [0.5, 0.6) is 17.2 Å². The standard InChI is InChI=1S/C29H31NO6S/c1-7-36-23-9-8-18(12-22(23)16(2)3)26(31)24-25(28-17(4)10-11-37-28)30(29(33)27(24)32)19-13-20(34-5)15-21(14-19)35-6/h8-16,25,31H,7H2,1-6H3/b26-24-. The van der Waals surface area contributed by atoms with Crippen molar-refractivity contribution < 1.29 is 28.9 Å². The largest absolute Gasteiger partial charge is 0.507 e. The molecule has 1 fully saturated rings. The predicted molar refractivity (Wildman–Crippen MR) is 145 cm³/mol. The average molecular weight is 522 g/mol. The van der Waals surface area contributed by atoms with Crippen molar-refractivity contribution in [1.82, 2.24) is 0 Å². The molecule has 1 N–H and O–H groups in total. The molecular formula is C29H31NO6S. The molecule has 1 aromatic heterocycles. The zero-order valence-corrected chi connectivity index (χ0v) is 22.6. The molecule has 1 unspecified atom stereocenters. The summed E-state index contributed by atoms with van der Waals surface area (Å²) in [5, 5.41) is 13.5. The van der Waals surface area contributed by atoms with Crippen LogP contribution in [0.3, 0.4) is 0 Å². The van der Waals surface area contributed by atoms with Crippen molar-refractivity contribution in [2.75, 3.05) is 25.7 Å². The van der Waals surface area contributed by atoms with Crippen molar-refractivity contribution >= 4 is 34.5 Å². The number of aliphatic hydroxyl groups is 1. The van der Waals surface area contributed by atoms with Crippen LogP contribution >= 0.6 is 11.3 Å². The van der Waals surface area contributed by atoms with Crippen molar-refractivity contribution in [3.05, 3.63) is 75.0 Å². The number of nitrogens with zero attached hydrogens (tertiary/aromatic N) is 1. The summed E-state index contributed by atoms with van der Waals surface area (Å²) in [6.07, 6.45) is 0. The summed E-state index contributed by atoms with van der Waals surface area (Å²) in [6.45, 7) is 8.41. The van der Waals surface area contributed by atoms with E-state index in [9.17, 15) is 14.7 Å². The van der Waals surface area contributed by atoms with Crippen molar-refractivity contribution in [1.29, 1.82) is 0 Å². The minimum atomic E-state index is -0.814. The normalized spacial score (nSPS) is 16.9. The third-order valence-electron chi connectivity index (χ3n) is 6.41. The van der Waals surface area contributed by atoms with Gasteiger partial charge in [-0.05, 0) is 60.5 Å². The molecule has 0 aliphatic carbocycles. The van der Waals surface area contributed by atoms with Gasteiger partial charge in [0.1, 0.15) is 29.0 Å². The first kappa shape index (κ1) is 26.3. The highest BCUT2D eigenvalue weighted by molar-refractivity contribution is 7.10. The number of aliphatic hydroxyl groups excluding tert-OH is 1. The van der Waals surface area contributed by atoms with Crippen LogP contribution in [0.25, 0.3) is 5.76 Å². The Bertz CT molecular complexity index is 1350. The van der Waals surface area contributed by atoms with Gasteiger partial charge in [0.15, 0.2) is 0 Å². The molecule has 1 amide bonds. The van der Waals surface area contributed by atoms with Gasteiger partial charge in [0, 0.05) is 28.6 Å². The van der Waals surface area contributed by atoms with Crippen LogP contribution < -0.4 is 19.1 Å². The quantitative estimate of drug-likeness (QED) is 0.215. The summed E-state index contributed by atoms with van der Waals surface area (Å²) in [7, 11) is 3.04. The lowest BCUT2D eigenvalue weighted by Crippen LogP contribution is -2.29. The van der Waals surface area contributed by atoms with Crippen molar-refractivity contribution in [2.45, 2.75) is 39.7 Å². The fourth-order valence-electron chi connectivity index (χ4n) is 4.53. The molecule has 2 heterocycles. The Labute approximate surface area is 220 Å². The number of hydrogen-bond donors (Lipinski definition) is 1. The number of methoxy groups -OCH3 is 2. The Kier molecular flexibility index (Phi) is 7.59. The Morgan fingerprint density at radius 2 is 1.73 bits per heavy atom. The van der Waals surface area contributed by atoms with Crippen LogP contribution in [-0.4, -0.2) is 37.6 Å². The lowest BCUT2D eigenvalue weighted by molar-refractivity contribution is -0.132. The molecule has 0 saturated carbocycles. The number of anilines is 1. The smallest absolute Gasteiger partial charge is 0.300 e. The monoisotopic (exact) mass is 521 g/mol. The van der Waals surface area contributed by atoms with Gasteiger partial charge in [-0.2, -0.15) is 0 Å². The molecule has 1 saturated heterocycles. The number of ketones is 1.